The summed E-state index contributed by atoms with van der Waals surface area (Å²) >= 11 is 0. The van der Waals surface area contributed by atoms with Crippen LogP contribution in [0.25, 0.3) is 0 Å². The van der Waals surface area contributed by atoms with Crippen LogP contribution in [0.15, 0.2) is 17.3 Å². The molecule has 0 aliphatic carbocycles. The molecule has 1 aliphatic rings. The van der Waals surface area contributed by atoms with E-state index in [9.17, 15) is 0 Å². The minimum atomic E-state index is -0.819. The summed E-state index contributed by atoms with van der Waals surface area (Å²) in [6.45, 7) is 0. The first-order valence-corrected chi connectivity index (χ1v) is 2.37. The van der Waals surface area contributed by atoms with E-state index in [1.807, 2.05) is 0 Å². The maximum atomic E-state index is 8.75. The van der Waals surface area contributed by atoms with E-state index < -0.39 is 12.2 Å². The van der Waals surface area contributed by atoms with Gasteiger partial charge < -0.3 is 10.2 Å². The van der Waals surface area contributed by atoms with Gasteiger partial charge in [-0.05, 0) is 6.08 Å². The molecule has 0 amide bonds. The van der Waals surface area contributed by atoms with Gasteiger partial charge in [0.25, 0.3) is 0 Å². The van der Waals surface area contributed by atoms with Crippen LogP contribution in [0.1, 0.15) is 0 Å². The molecule has 44 valence electrons. The molecule has 2 atom stereocenters. The molecule has 1 rings (SSSR count). The van der Waals surface area contributed by atoms with Crippen LogP contribution in [0.5, 0.6) is 0 Å². The van der Waals surface area contributed by atoms with Crippen LogP contribution in [0.4, 0.5) is 0 Å². The molecule has 3 heteroatoms. The summed E-state index contributed by atoms with van der Waals surface area (Å²) in [4.78, 5) is 3.59. The standard InChI is InChI=1S/C5H7NO2/c7-4-1-2-6-3-5(4)8/h1-5,7-8H. The lowest BCUT2D eigenvalue weighted by Crippen LogP contribution is -2.26. The summed E-state index contributed by atoms with van der Waals surface area (Å²) in [5, 5.41) is 17.5. The Hall–Kier alpha value is -0.670. The lowest BCUT2D eigenvalue weighted by Gasteiger charge is -2.10. The predicted octanol–water partition coefficient (Wildman–Crippen LogP) is -0.694. The second kappa shape index (κ2) is 2.07. The molecule has 0 radical (unpaired) electrons. The summed E-state index contributed by atoms with van der Waals surface area (Å²) in [7, 11) is 0. The smallest absolute Gasteiger partial charge is 0.119 e. The van der Waals surface area contributed by atoms with Gasteiger partial charge in [-0.25, -0.2) is 0 Å². The van der Waals surface area contributed by atoms with Gasteiger partial charge in [0.1, 0.15) is 12.2 Å². The van der Waals surface area contributed by atoms with Gasteiger partial charge >= 0.3 is 0 Å². The topological polar surface area (TPSA) is 52.8 Å². The molecule has 0 aromatic carbocycles. The largest absolute Gasteiger partial charge is 0.386 e. The fraction of sp³-hybridized carbons (Fsp3) is 0.400. The van der Waals surface area contributed by atoms with Crippen molar-refractivity contribution in [3.05, 3.63) is 12.3 Å². The van der Waals surface area contributed by atoms with Crippen molar-refractivity contribution >= 4 is 6.21 Å². The maximum absolute atomic E-state index is 8.75. The van der Waals surface area contributed by atoms with Crippen LogP contribution in [0, 0.1) is 0 Å². The number of aliphatic hydroxyl groups excluding tert-OH is 2. The van der Waals surface area contributed by atoms with Crippen molar-refractivity contribution in [1.82, 2.24) is 0 Å². The Morgan fingerprint density at radius 3 is 2.38 bits per heavy atom. The van der Waals surface area contributed by atoms with Gasteiger partial charge in [-0.1, -0.05) is 0 Å². The number of hydrogen-bond acceptors (Lipinski definition) is 3. The monoisotopic (exact) mass is 113 g/mol. The van der Waals surface area contributed by atoms with Gasteiger partial charge in [-0.15, -0.1) is 0 Å². The van der Waals surface area contributed by atoms with Gasteiger partial charge in [0.2, 0.25) is 0 Å². The molecule has 0 fully saturated rings. The summed E-state index contributed by atoms with van der Waals surface area (Å²) in [5.41, 5.74) is 0. The Morgan fingerprint density at radius 2 is 2.00 bits per heavy atom. The minimum absolute atomic E-state index is 0.771. The SMILES string of the molecule is OC1C=CN=CC1O. The molecular formula is C5H7NO2. The summed E-state index contributed by atoms with van der Waals surface area (Å²) < 4.78 is 0. The minimum Gasteiger partial charge on any atom is -0.386 e. The third kappa shape index (κ3) is 0.936. The number of nitrogens with zero attached hydrogens (tertiary/aromatic N) is 1. The Morgan fingerprint density at radius 1 is 1.25 bits per heavy atom. The van der Waals surface area contributed by atoms with Crippen molar-refractivity contribution in [3.63, 3.8) is 0 Å². The number of hydrogen-bond donors (Lipinski definition) is 2. The highest BCUT2D eigenvalue weighted by atomic mass is 16.3. The maximum Gasteiger partial charge on any atom is 0.119 e. The molecule has 0 bridgehead atoms. The average Bonchev–Trinajstić information content (AvgIpc) is 1.77. The Balaban J connectivity index is 2.59. The fourth-order valence-electron chi connectivity index (χ4n) is 0.478. The second-order valence-electron chi connectivity index (χ2n) is 1.62. The summed E-state index contributed by atoms with van der Waals surface area (Å²) in [6, 6.07) is 0. The third-order valence-electron chi connectivity index (χ3n) is 0.958. The van der Waals surface area contributed by atoms with Crippen molar-refractivity contribution in [2.75, 3.05) is 0 Å². The van der Waals surface area contributed by atoms with E-state index >= 15 is 0 Å². The zero-order valence-corrected chi connectivity index (χ0v) is 4.23. The molecule has 1 aliphatic heterocycles. The van der Waals surface area contributed by atoms with E-state index in [1.54, 1.807) is 0 Å². The van der Waals surface area contributed by atoms with E-state index in [-0.39, 0.29) is 0 Å². The lowest BCUT2D eigenvalue weighted by atomic mass is 10.2. The van der Waals surface area contributed by atoms with Crippen LogP contribution in [0.2, 0.25) is 0 Å². The van der Waals surface area contributed by atoms with Crippen LogP contribution in [-0.4, -0.2) is 28.6 Å². The van der Waals surface area contributed by atoms with Crippen LogP contribution >= 0.6 is 0 Å². The summed E-state index contributed by atoms with van der Waals surface area (Å²) in [6.07, 6.45) is 2.60. The molecule has 3 nitrogen and oxygen atoms in total. The van der Waals surface area contributed by atoms with Crippen LogP contribution in [-0.2, 0) is 0 Å². The average molecular weight is 113 g/mol. The Bertz CT molecular complexity index is 114. The molecule has 0 aromatic rings. The van der Waals surface area contributed by atoms with Crippen molar-refractivity contribution in [2.45, 2.75) is 12.2 Å². The van der Waals surface area contributed by atoms with Gasteiger partial charge in [0.15, 0.2) is 0 Å². The quantitative estimate of drug-likeness (QED) is 0.436. The van der Waals surface area contributed by atoms with E-state index in [0.717, 1.165) is 0 Å². The van der Waals surface area contributed by atoms with E-state index in [2.05, 4.69) is 4.99 Å². The van der Waals surface area contributed by atoms with Gasteiger partial charge in [0.05, 0.1) is 0 Å². The fourth-order valence-corrected chi connectivity index (χ4v) is 0.478. The first kappa shape index (κ1) is 5.47. The molecule has 0 saturated heterocycles. The number of rotatable bonds is 0. The van der Waals surface area contributed by atoms with Gasteiger partial charge in [0, 0.05) is 12.4 Å². The first-order valence-electron chi connectivity index (χ1n) is 2.37. The molecule has 1 heterocycles. The second-order valence-corrected chi connectivity index (χ2v) is 1.62. The molecule has 2 N–H and O–H groups in total. The van der Waals surface area contributed by atoms with Gasteiger partial charge in [-0.2, -0.15) is 0 Å². The van der Waals surface area contributed by atoms with E-state index in [4.69, 9.17) is 10.2 Å². The molecule has 0 spiro atoms. The van der Waals surface area contributed by atoms with Crippen LogP contribution in [0.3, 0.4) is 0 Å². The highest BCUT2D eigenvalue weighted by Gasteiger charge is 2.11. The number of aliphatic imine (C=N–C) groups is 1. The van der Waals surface area contributed by atoms with E-state index in [1.165, 1.54) is 18.5 Å². The number of aliphatic hydroxyl groups is 2. The van der Waals surface area contributed by atoms with Gasteiger partial charge in [-0.3, -0.25) is 4.99 Å². The normalized spacial score (nSPS) is 35.8. The Kier molecular flexibility index (Phi) is 1.41. The molecule has 0 saturated carbocycles. The van der Waals surface area contributed by atoms with Crippen molar-refractivity contribution in [2.24, 2.45) is 4.99 Å². The molecule has 0 aromatic heterocycles. The highest BCUT2D eigenvalue weighted by molar-refractivity contribution is 5.66. The molecule has 2 unspecified atom stereocenters. The van der Waals surface area contributed by atoms with Crippen molar-refractivity contribution in [1.29, 1.82) is 0 Å². The highest BCUT2D eigenvalue weighted by Crippen LogP contribution is 1.97. The Labute approximate surface area is 47.0 Å². The molecular weight excluding hydrogens is 106 g/mol. The zero-order chi connectivity index (χ0) is 5.98. The lowest BCUT2D eigenvalue weighted by molar-refractivity contribution is 0.0945. The van der Waals surface area contributed by atoms with E-state index in [0.29, 0.717) is 0 Å². The van der Waals surface area contributed by atoms with Crippen molar-refractivity contribution in [3.8, 4) is 0 Å². The summed E-state index contributed by atoms with van der Waals surface area (Å²) in [5.74, 6) is 0. The van der Waals surface area contributed by atoms with Crippen LogP contribution < -0.4 is 0 Å². The van der Waals surface area contributed by atoms with Crippen molar-refractivity contribution < 1.29 is 10.2 Å². The molecule has 8 heavy (non-hydrogen) atoms. The third-order valence-corrected chi connectivity index (χ3v) is 0.958. The zero-order valence-electron chi connectivity index (χ0n) is 4.23. The first-order chi connectivity index (χ1) is 3.80. The predicted molar refractivity (Wildman–Crippen MR) is 29.6 cm³/mol.